The number of urea groups is 1. The number of hydrogen-bond acceptors (Lipinski definition) is 2. The molecule has 2 amide bonds. The molecule has 2 aromatic carbocycles. The molecule has 23 heavy (non-hydrogen) atoms. The molecule has 0 spiro atoms. The molecule has 1 heterocycles. The van der Waals surface area contributed by atoms with Crippen molar-refractivity contribution >= 4 is 23.1 Å². The summed E-state index contributed by atoms with van der Waals surface area (Å²) >= 11 is 1.64. The van der Waals surface area contributed by atoms with Crippen LogP contribution in [-0.4, -0.2) is 6.03 Å². The summed E-state index contributed by atoms with van der Waals surface area (Å²) in [6.07, 6.45) is 0. The lowest BCUT2D eigenvalue weighted by atomic mass is 10.0. The van der Waals surface area contributed by atoms with E-state index in [0.29, 0.717) is 12.2 Å². The van der Waals surface area contributed by atoms with Gasteiger partial charge < -0.3 is 10.6 Å². The lowest BCUT2D eigenvalue weighted by Gasteiger charge is -2.11. The number of hydrogen-bond donors (Lipinski definition) is 2. The minimum atomic E-state index is -0.333. The maximum atomic E-state index is 12.8. The van der Waals surface area contributed by atoms with Crippen molar-refractivity contribution in [2.45, 2.75) is 6.54 Å². The Bertz CT molecular complexity index is 785. The Kier molecular flexibility index (Phi) is 4.68. The minimum absolute atomic E-state index is 0.322. The molecule has 1 aromatic heterocycles. The zero-order valence-electron chi connectivity index (χ0n) is 12.3. The van der Waals surface area contributed by atoms with Gasteiger partial charge in [-0.2, -0.15) is 11.3 Å². The summed E-state index contributed by atoms with van der Waals surface area (Å²) in [5.41, 5.74) is 3.84. The van der Waals surface area contributed by atoms with Crippen LogP contribution < -0.4 is 10.6 Å². The van der Waals surface area contributed by atoms with Crippen LogP contribution in [0, 0.1) is 5.82 Å². The highest BCUT2D eigenvalue weighted by Crippen LogP contribution is 2.25. The molecule has 0 aliphatic carbocycles. The first-order valence-electron chi connectivity index (χ1n) is 7.13. The molecule has 0 saturated heterocycles. The van der Waals surface area contributed by atoms with Crippen LogP contribution in [0.4, 0.5) is 14.9 Å². The van der Waals surface area contributed by atoms with Crippen molar-refractivity contribution in [3.05, 3.63) is 76.7 Å². The van der Waals surface area contributed by atoms with Gasteiger partial charge in [-0.3, -0.25) is 0 Å². The van der Waals surface area contributed by atoms with Gasteiger partial charge in [0.15, 0.2) is 0 Å². The van der Waals surface area contributed by atoms with Gasteiger partial charge in [0.1, 0.15) is 5.82 Å². The Hall–Kier alpha value is -2.66. The SMILES string of the molecule is O=C(NCc1ccccc1-c1ccsc1)Nc1ccc(F)cc1. The van der Waals surface area contributed by atoms with Crippen LogP contribution in [0.1, 0.15) is 5.56 Å². The zero-order chi connectivity index (χ0) is 16.1. The van der Waals surface area contributed by atoms with Crippen molar-refractivity contribution < 1.29 is 9.18 Å². The Morgan fingerprint density at radius 1 is 1.04 bits per heavy atom. The van der Waals surface area contributed by atoms with Gasteiger partial charge in [0.2, 0.25) is 0 Å². The molecule has 3 rings (SSSR count). The number of thiophene rings is 1. The molecule has 0 aliphatic heterocycles. The third-order valence-corrected chi connectivity index (χ3v) is 4.07. The molecular weight excluding hydrogens is 311 g/mol. The average molecular weight is 326 g/mol. The van der Waals surface area contributed by atoms with E-state index < -0.39 is 0 Å². The Balaban J connectivity index is 1.64. The summed E-state index contributed by atoms with van der Waals surface area (Å²) in [6.45, 7) is 0.416. The van der Waals surface area contributed by atoms with Crippen molar-refractivity contribution in [3.63, 3.8) is 0 Å². The number of amides is 2. The molecule has 2 N–H and O–H groups in total. The Labute approximate surface area is 137 Å². The number of carbonyl (C=O) groups excluding carboxylic acids is 1. The molecule has 0 saturated carbocycles. The van der Waals surface area contributed by atoms with Crippen LogP contribution in [0.5, 0.6) is 0 Å². The van der Waals surface area contributed by atoms with E-state index in [1.54, 1.807) is 11.3 Å². The number of nitrogens with one attached hydrogen (secondary N) is 2. The van der Waals surface area contributed by atoms with E-state index in [9.17, 15) is 9.18 Å². The third kappa shape index (κ3) is 3.96. The van der Waals surface area contributed by atoms with Gasteiger partial charge in [-0.05, 0) is 57.8 Å². The fraction of sp³-hybridized carbons (Fsp3) is 0.0556. The average Bonchev–Trinajstić information content (AvgIpc) is 3.10. The molecule has 0 unspecified atom stereocenters. The lowest BCUT2D eigenvalue weighted by Crippen LogP contribution is -2.28. The molecule has 3 nitrogen and oxygen atoms in total. The Morgan fingerprint density at radius 3 is 2.57 bits per heavy atom. The molecule has 0 aliphatic rings. The fourth-order valence-electron chi connectivity index (χ4n) is 2.26. The number of anilines is 1. The van der Waals surface area contributed by atoms with E-state index in [4.69, 9.17) is 0 Å². The summed E-state index contributed by atoms with van der Waals surface area (Å²) < 4.78 is 12.8. The van der Waals surface area contributed by atoms with E-state index in [2.05, 4.69) is 22.1 Å². The van der Waals surface area contributed by atoms with E-state index in [0.717, 1.165) is 16.7 Å². The van der Waals surface area contributed by atoms with Gasteiger partial charge >= 0.3 is 6.03 Å². The van der Waals surface area contributed by atoms with Crippen LogP contribution in [0.25, 0.3) is 11.1 Å². The zero-order valence-corrected chi connectivity index (χ0v) is 13.1. The van der Waals surface area contributed by atoms with E-state index in [1.165, 1.54) is 24.3 Å². The first kappa shape index (κ1) is 15.2. The first-order chi connectivity index (χ1) is 11.2. The largest absolute Gasteiger partial charge is 0.334 e. The van der Waals surface area contributed by atoms with Crippen LogP contribution in [-0.2, 0) is 6.54 Å². The first-order valence-corrected chi connectivity index (χ1v) is 8.07. The van der Waals surface area contributed by atoms with Crippen molar-refractivity contribution in [2.75, 3.05) is 5.32 Å². The predicted molar refractivity (Wildman–Crippen MR) is 92.0 cm³/mol. The van der Waals surface area contributed by atoms with Crippen molar-refractivity contribution in [3.8, 4) is 11.1 Å². The van der Waals surface area contributed by atoms with Gasteiger partial charge in [-0.15, -0.1) is 0 Å². The summed E-state index contributed by atoms with van der Waals surface area (Å²) in [6, 6.07) is 15.4. The molecule has 116 valence electrons. The van der Waals surface area contributed by atoms with E-state index in [-0.39, 0.29) is 11.8 Å². The highest BCUT2D eigenvalue weighted by atomic mass is 32.1. The second-order valence-corrected chi connectivity index (χ2v) is 5.76. The van der Waals surface area contributed by atoms with Gasteiger partial charge in [-0.1, -0.05) is 24.3 Å². The quantitative estimate of drug-likeness (QED) is 0.705. The Morgan fingerprint density at radius 2 is 1.83 bits per heavy atom. The monoisotopic (exact) mass is 326 g/mol. The van der Waals surface area contributed by atoms with Gasteiger partial charge in [-0.25, -0.2) is 9.18 Å². The van der Waals surface area contributed by atoms with Crippen molar-refractivity contribution in [1.29, 1.82) is 0 Å². The normalized spacial score (nSPS) is 10.3. The van der Waals surface area contributed by atoms with Crippen molar-refractivity contribution in [2.24, 2.45) is 0 Å². The van der Waals surface area contributed by atoms with Gasteiger partial charge in [0.05, 0.1) is 0 Å². The molecule has 0 atom stereocenters. The topological polar surface area (TPSA) is 41.1 Å². The fourth-order valence-corrected chi connectivity index (χ4v) is 2.91. The second-order valence-electron chi connectivity index (χ2n) is 4.98. The maximum absolute atomic E-state index is 12.8. The standard InChI is InChI=1S/C18H15FN2OS/c19-15-5-7-16(8-6-15)21-18(22)20-11-13-3-1-2-4-17(13)14-9-10-23-12-14/h1-10,12H,11H2,(H2,20,21,22). The highest BCUT2D eigenvalue weighted by Gasteiger charge is 2.07. The van der Waals surface area contributed by atoms with Gasteiger partial charge in [0.25, 0.3) is 0 Å². The number of carbonyl (C=O) groups is 1. The van der Waals surface area contributed by atoms with E-state index in [1.807, 2.05) is 29.6 Å². The summed E-state index contributed by atoms with van der Waals surface area (Å²) in [4.78, 5) is 12.0. The van der Waals surface area contributed by atoms with Crippen LogP contribution in [0.15, 0.2) is 65.4 Å². The summed E-state index contributed by atoms with van der Waals surface area (Å²) in [7, 11) is 0. The van der Waals surface area contributed by atoms with Crippen LogP contribution >= 0.6 is 11.3 Å². The molecule has 5 heteroatoms. The molecule has 3 aromatic rings. The number of rotatable bonds is 4. The number of halogens is 1. The third-order valence-electron chi connectivity index (χ3n) is 3.39. The molecule has 0 radical (unpaired) electrons. The molecule has 0 bridgehead atoms. The second kappa shape index (κ2) is 7.07. The van der Waals surface area contributed by atoms with Crippen molar-refractivity contribution in [1.82, 2.24) is 5.32 Å². The van der Waals surface area contributed by atoms with Crippen LogP contribution in [0.2, 0.25) is 0 Å². The molecular formula is C18H15FN2OS. The molecule has 0 fully saturated rings. The van der Waals surface area contributed by atoms with Crippen LogP contribution in [0.3, 0.4) is 0 Å². The minimum Gasteiger partial charge on any atom is -0.334 e. The summed E-state index contributed by atoms with van der Waals surface area (Å²) in [5, 5.41) is 9.61. The maximum Gasteiger partial charge on any atom is 0.319 e. The summed E-state index contributed by atoms with van der Waals surface area (Å²) in [5.74, 6) is -0.333. The number of benzene rings is 2. The predicted octanol–water partition coefficient (Wildman–Crippen LogP) is 4.88. The smallest absolute Gasteiger partial charge is 0.319 e. The van der Waals surface area contributed by atoms with Gasteiger partial charge in [0, 0.05) is 12.2 Å². The van der Waals surface area contributed by atoms with E-state index >= 15 is 0 Å². The lowest BCUT2D eigenvalue weighted by molar-refractivity contribution is 0.252. The highest BCUT2D eigenvalue weighted by molar-refractivity contribution is 7.08.